The number of hydrogen-bond donors (Lipinski definition) is 1. The molecular formula is C26H33N5O5. The van der Waals surface area contributed by atoms with E-state index in [0.29, 0.717) is 22.6 Å². The highest BCUT2D eigenvalue weighted by atomic mass is 16.5. The van der Waals surface area contributed by atoms with Crippen LogP contribution in [0.15, 0.2) is 42.5 Å². The van der Waals surface area contributed by atoms with Crippen molar-refractivity contribution in [1.82, 2.24) is 25.2 Å². The van der Waals surface area contributed by atoms with Gasteiger partial charge in [0, 0.05) is 25.3 Å². The standard InChI is InChI=1S/C26H33N5O5/c1-34-16-15-30(23(32)17-31-21-13-7-6-12-20(21)28-29-31)24(26(33)27-18-9-4-5-10-18)19-11-8-14-22(35-2)25(19)36-3/h6-8,11-14,18,24H,4-5,9-10,15-17H2,1-3H3,(H,27,33)/t24-/m1/s1. The van der Waals surface area contributed by atoms with E-state index in [1.807, 2.05) is 24.3 Å². The molecule has 36 heavy (non-hydrogen) atoms. The van der Waals surface area contributed by atoms with Gasteiger partial charge in [-0.15, -0.1) is 5.10 Å². The molecule has 1 aliphatic carbocycles. The summed E-state index contributed by atoms with van der Waals surface area (Å²) < 4.78 is 18.0. The summed E-state index contributed by atoms with van der Waals surface area (Å²) in [5, 5.41) is 11.5. The van der Waals surface area contributed by atoms with Crippen LogP contribution >= 0.6 is 0 Å². The average molecular weight is 496 g/mol. The molecule has 0 saturated heterocycles. The number of carbonyl (C=O) groups excluding carboxylic acids is 2. The fourth-order valence-electron chi connectivity index (χ4n) is 4.77. The Labute approximate surface area is 210 Å². The van der Waals surface area contributed by atoms with Crippen molar-refractivity contribution in [2.75, 3.05) is 34.5 Å². The largest absolute Gasteiger partial charge is 0.493 e. The molecule has 3 aromatic rings. The molecule has 1 aromatic heterocycles. The van der Waals surface area contributed by atoms with Crippen LogP contribution in [0.3, 0.4) is 0 Å². The highest BCUT2D eigenvalue weighted by molar-refractivity contribution is 5.90. The van der Waals surface area contributed by atoms with Crippen LogP contribution in [0.4, 0.5) is 0 Å². The molecule has 1 saturated carbocycles. The number of benzene rings is 2. The Balaban J connectivity index is 1.73. The molecule has 2 aromatic carbocycles. The molecule has 4 rings (SSSR count). The summed E-state index contributed by atoms with van der Waals surface area (Å²) in [5.74, 6) is 0.337. The van der Waals surface area contributed by atoms with Crippen molar-refractivity contribution in [3.63, 3.8) is 0 Å². The molecule has 0 unspecified atom stereocenters. The van der Waals surface area contributed by atoms with Gasteiger partial charge in [-0.05, 0) is 31.0 Å². The Kier molecular flexibility index (Phi) is 8.37. The molecule has 1 fully saturated rings. The summed E-state index contributed by atoms with van der Waals surface area (Å²) in [6.07, 6.45) is 3.99. The van der Waals surface area contributed by atoms with Crippen LogP contribution in [0.1, 0.15) is 37.3 Å². The Hall–Kier alpha value is -3.66. The maximum Gasteiger partial charge on any atom is 0.247 e. The van der Waals surface area contributed by atoms with Gasteiger partial charge in [0.2, 0.25) is 11.8 Å². The van der Waals surface area contributed by atoms with Gasteiger partial charge in [-0.2, -0.15) is 0 Å². The first-order valence-electron chi connectivity index (χ1n) is 12.1. The van der Waals surface area contributed by atoms with Crippen LogP contribution in [0.5, 0.6) is 11.5 Å². The minimum absolute atomic E-state index is 0.0789. The zero-order chi connectivity index (χ0) is 25.5. The van der Waals surface area contributed by atoms with E-state index in [9.17, 15) is 9.59 Å². The van der Waals surface area contributed by atoms with Crippen LogP contribution in [0.2, 0.25) is 0 Å². The topological polar surface area (TPSA) is 108 Å². The van der Waals surface area contributed by atoms with E-state index in [-0.39, 0.29) is 37.6 Å². The Morgan fingerprint density at radius 3 is 2.58 bits per heavy atom. The molecule has 0 radical (unpaired) electrons. The van der Waals surface area contributed by atoms with Crippen LogP contribution in [-0.2, 0) is 20.9 Å². The van der Waals surface area contributed by atoms with E-state index < -0.39 is 6.04 Å². The molecule has 10 heteroatoms. The molecule has 0 aliphatic heterocycles. The lowest BCUT2D eigenvalue weighted by atomic mass is 10.0. The molecule has 1 N–H and O–H groups in total. The van der Waals surface area contributed by atoms with Gasteiger partial charge in [0.25, 0.3) is 0 Å². The Morgan fingerprint density at radius 2 is 1.86 bits per heavy atom. The van der Waals surface area contributed by atoms with Gasteiger partial charge in [0.1, 0.15) is 18.1 Å². The number of amides is 2. The number of nitrogens with one attached hydrogen (secondary N) is 1. The number of methoxy groups -OCH3 is 3. The molecule has 2 amide bonds. The fraction of sp³-hybridized carbons (Fsp3) is 0.462. The van der Waals surface area contributed by atoms with Crippen LogP contribution in [0.25, 0.3) is 11.0 Å². The smallest absolute Gasteiger partial charge is 0.247 e. The third kappa shape index (κ3) is 5.43. The lowest BCUT2D eigenvalue weighted by Gasteiger charge is -2.33. The van der Waals surface area contributed by atoms with E-state index in [1.165, 1.54) is 12.0 Å². The SMILES string of the molecule is COCCN(C(=O)Cn1nnc2ccccc21)[C@@H](C(=O)NC1CCCC1)c1cccc(OC)c1OC. The van der Waals surface area contributed by atoms with E-state index in [2.05, 4.69) is 15.6 Å². The molecule has 192 valence electrons. The van der Waals surface area contributed by atoms with Gasteiger partial charge in [-0.1, -0.05) is 42.3 Å². The van der Waals surface area contributed by atoms with Crippen molar-refractivity contribution in [2.45, 2.75) is 44.3 Å². The first kappa shape index (κ1) is 25.4. The highest BCUT2D eigenvalue weighted by Gasteiger charge is 2.36. The number of rotatable bonds is 11. The zero-order valence-electron chi connectivity index (χ0n) is 21.0. The number of para-hydroxylation sites is 2. The lowest BCUT2D eigenvalue weighted by molar-refractivity contribution is -0.142. The second-order valence-corrected chi connectivity index (χ2v) is 8.79. The predicted molar refractivity (Wildman–Crippen MR) is 134 cm³/mol. The Morgan fingerprint density at radius 1 is 1.08 bits per heavy atom. The third-order valence-electron chi connectivity index (χ3n) is 6.55. The quantitative estimate of drug-likeness (QED) is 0.436. The predicted octanol–water partition coefficient (Wildman–Crippen LogP) is 2.72. The highest BCUT2D eigenvalue weighted by Crippen LogP contribution is 2.37. The number of aromatic nitrogens is 3. The summed E-state index contributed by atoms with van der Waals surface area (Å²) in [4.78, 5) is 29.1. The molecule has 1 aliphatic rings. The normalized spacial score (nSPS) is 14.5. The van der Waals surface area contributed by atoms with Gasteiger partial charge >= 0.3 is 0 Å². The van der Waals surface area contributed by atoms with Gasteiger partial charge in [-0.3, -0.25) is 9.59 Å². The molecule has 0 bridgehead atoms. The van der Waals surface area contributed by atoms with Gasteiger partial charge < -0.3 is 24.4 Å². The Bertz CT molecular complexity index is 1190. The lowest BCUT2D eigenvalue weighted by Crippen LogP contribution is -2.48. The summed E-state index contributed by atoms with van der Waals surface area (Å²) in [7, 11) is 4.63. The first-order chi connectivity index (χ1) is 17.6. The second-order valence-electron chi connectivity index (χ2n) is 8.79. The number of carbonyl (C=O) groups is 2. The van der Waals surface area contributed by atoms with E-state index in [4.69, 9.17) is 14.2 Å². The number of fused-ring (bicyclic) bond motifs is 1. The maximum atomic E-state index is 13.8. The minimum atomic E-state index is -0.951. The fourth-order valence-corrected chi connectivity index (χ4v) is 4.77. The molecule has 0 spiro atoms. The molecule has 1 heterocycles. The van der Waals surface area contributed by atoms with Gasteiger partial charge in [0.05, 0.1) is 26.3 Å². The van der Waals surface area contributed by atoms with Crippen molar-refractivity contribution < 1.29 is 23.8 Å². The average Bonchev–Trinajstić information content (AvgIpc) is 3.56. The van der Waals surface area contributed by atoms with Crippen LogP contribution < -0.4 is 14.8 Å². The monoisotopic (exact) mass is 495 g/mol. The van der Waals surface area contributed by atoms with Crippen molar-refractivity contribution in [2.24, 2.45) is 0 Å². The third-order valence-corrected chi connectivity index (χ3v) is 6.55. The molecule has 10 nitrogen and oxygen atoms in total. The first-order valence-corrected chi connectivity index (χ1v) is 12.1. The van der Waals surface area contributed by atoms with Crippen LogP contribution in [0, 0.1) is 0 Å². The van der Waals surface area contributed by atoms with Crippen molar-refractivity contribution in [3.8, 4) is 11.5 Å². The van der Waals surface area contributed by atoms with Gasteiger partial charge in [0.15, 0.2) is 11.5 Å². The maximum absolute atomic E-state index is 13.8. The van der Waals surface area contributed by atoms with E-state index >= 15 is 0 Å². The number of hydrogen-bond acceptors (Lipinski definition) is 7. The summed E-state index contributed by atoms with van der Waals surface area (Å²) in [6.45, 7) is 0.373. The van der Waals surface area contributed by atoms with Crippen molar-refractivity contribution in [1.29, 1.82) is 0 Å². The molecular weight excluding hydrogens is 462 g/mol. The van der Waals surface area contributed by atoms with Crippen molar-refractivity contribution in [3.05, 3.63) is 48.0 Å². The summed E-state index contributed by atoms with van der Waals surface area (Å²) >= 11 is 0. The summed E-state index contributed by atoms with van der Waals surface area (Å²) in [6, 6.07) is 11.9. The van der Waals surface area contributed by atoms with Gasteiger partial charge in [-0.25, -0.2) is 4.68 Å². The second kappa shape index (κ2) is 11.9. The van der Waals surface area contributed by atoms with E-state index in [1.54, 1.807) is 37.1 Å². The zero-order valence-corrected chi connectivity index (χ0v) is 21.0. The molecule has 1 atom stereocenters. The minimum Gasteiger partial charge on any atom is -0.493 e. The number of ether oxygens (including phenoxy) is 3. The van der Waals surface area contributed by atoms with Crippen molar-refractivity contribution >= 4 is 22.8 Å². The summed E-state index contributed by atoms with van der Waals surface area (Å²) in [5.41, 5.74) is 1.97. The van der Waals surface area contributed by atoms with Crippen LogP contribution in [-0.4, -0.2) is 72.2 Å². The number of nitrogens with zero attached hydrogens (tertiary/aromatic N) is 4. The van der Waals surface area contributed by atoms with E-state index in [0.717, 1.165) is 31.2 Å².